The van der Waals surface area contributed by atoms with E-state index in [1.165, 1.54) is 60.6 Å². The highest BCUT2D eigenvalue weighted by molar-refractivity contribution is 7.95. The number of alkyl halides is 2. The molecule has 45 heavy (non-hydrogen) atoms. The van der Waals surface area contributed by atoms with Crippen LogP contribution < -0.4 is 15.9 Å². The second kappa shape index (κ2) is 12.2. The molecule has 0 aromatic heterocycles. The maximum Gasteiger partial charge on any atom is 0.248 e. The van der Waals surface area contributed by atoms with Gasteiger partial charge in [0.2, 0.25) is 5.92 Å². The van der Waals surface area contributed by atoms with E-state index in [1.807, 2.05) is 0 Å². The molecule has 0 radical (unpaired) electrons. The molecule has 8 atom stereocenters. The van der Waals surface area contributed by atoms with Crippen LogP contribution in [0.3, 0.4) is 0 Å². The van der Waals surface area contributed by atoms with Gasteiger partial charge >= 0.3 is 0 Å². The molecule has 0 N–H and O–H groups in total. The highest BCUT2D eigenvalue weighted by Crippen LogP contribution is 2.73. The summed E-state index contributed by atoms with van der Waals surface area (Å²) in [5, 5.41) is 4.53. The van der Waals surface area contributed by atoms with Crippen molar-refractivity contribution in [1.82, 2.24) is 0 Å². The van der Waals surface area contributed by atoms with Crippen molar-refractivity contribution in [3.8, 4) is 0 Å². The van der Waals surface area contributed by atoms with Crippen molar-refractivity contribution < 1.29 is 8.78 Å². The number of benzene rings is 3. The average molecular weight is 628 g/mol. The summed E-state index contributed by atoms with van der Waals surface area (Å²) in [7, 11) is -2.01. The fraction of sp³-hybridized carbons (Fsp3) is 0.571. The molecule has 0 amide bonds. The van der Waals surface area contributed by atoms with E-state index in [2.05, 4.69) is 112 Å². The maximum atomic E-state index is 14.7. The van der Waals surface area contributed by atoms with Crippen LogP contribution in [0.2, 0.25) is 0 Å². The Balaban J connectivity index is 1.38. The Bertz CT molecular complexity index is 1330. The van der Waals surface area contributed by atoms with Crippen LogP contribution in [0.5, 0.6) is 0 Å². The summed E-state index contributed by atoms with van der Waals surface area (Å²) in [4.78, 5) is 0. The molecule has 240 valence electrons. The minimum atomic E-state index is -2.46. The van der Waals surface area contributed by atoms with Crippen molar-refractivity contribution in [2.75, 3.05) is 6.16 Å². The third kappa shape index (κ3) is 5.25. The zero-order chi connectivity index (χ0) is 31.3. The second-order valence-corrected chi connectivity index (χ2v) is 19.4. The van der Waals surface area contributed by atoms with Crippen LogP contribution in [0.1, 0.15) is 91.4 Å². The third-order valence-electron chi connectivity index (χ3n) is 14.0. The van der Waals surface area contributed by atoms with Crippen molar-refractivity contribution in [2.45, 2.75) is 97.3 Å². The number of fused-ring (bicyclic) bond motifs is 5. The van der Waals surface area contributed by atoms with Gasteiger partial charge in [0, 0.05) is 18.3 Å². The van der Waals surface area contributed by atoms with Crippen molar-refractivity contribution in [3.05, 3.63) is 91.0 Å². The summed E-state index contributed by atoms with van der Waals surface area (Å²) in [6.07, 6.45) is 12.1. The third-order valence-corrected chi connectivity index (χ3v) is 18.6. The van der Waals surface area contributed by atoms with E-state index in [4.69, 9.17) is 0 Å². The van der Waals surface area contributed by atoms with Crippen molar-refractivity contribution in [1.29, 1.82) is 0 Å². The van der Waals surface area contributed by atoms with Gasteiger partial charge in [-0.05, 0) is 122 Å². The summed E-state index contributed by atoms with van der Waals surface area (Å²) in [5.74, 6) is 1.13. The first kappa shape index (κ1) is 31.5. The maximum absolute atomic E-state index is 14.7. The van der Waals surface area contributed by atoms with Crippen molar-refractivity contribution >= 4 is 23.2 Å². The van der Waals surface area contributed by atoms with Crippen molar-refractivity contribution in [3.63, 3.8) is 0 Å². The van der Waals surface area contributed by atoms with Crippen LogP contribution >= 0.6 is 7.26 Å². The standard InChI is InChI=1S/C42H54F2P/c1-4-14-31(2)37-23-24-39-36-22-21-32-29-42(43,44)28-27-40(32,3)38(36)25-26-41(37,39)30-45(33-15-8-5-9-16-33,34-17-10-6-11-18-34)35-19-12-7-13-20-35/h5-13,15-20,31-32,36-39H,4,14,21-30H2,1-3H3/q+1/t31?,32-,36-,37?,38+,39+,40+,41+/m1/s1. The van der Waals surface area contributed by atoms with Gasteiger partial charge in [0.15, 0.2) is 0 Å². The molecular formula is C42H54F2P+. The molecule has 2 unspecified atom stereocenters. The normalized spacial score (nSPS) is 34.7. The number of rotatable bonds is 8. The van der Waals surface area contributed by atoms with Crippen LogP contribution in [-0.4, -0.2) is 12.1 Å². The Kier molecular flexibility index (Phi) is 8.55. The predicted molar refractivity (Wildman–Crippen MR) is 189 cm³/mol. The molecule has 0 aliphatic heterocycles. The monoisotopic (exact) mass is 627 g/mol. The molecule has 7 rings (SSSR count). The first-order valence-corrected chi connectivity index (χ1v) is 20.1. The predicted octanol–water partition coefficient (Wildman–Crippen LogP) is 10.7. The highest BCUT2D eigenvalue weighted by atomic mass is 31.2. The van der Waals surface area contributed by atoms with E-state index >= 15 is 0 Å². The van der Waals surface area contributed by atoms with Crippen molar-refractivity contribution in [2.24, 2.45) is 46.3 Å². The van der Waals surface area contributed by atoms with Crippen LogP contribution in [-0.2, 0) is 0 Å². The molecule has 4 fully saturated rings. The van der Waals surface area contributed by atoms with Crippen LogP contribution in [0, 0.1) is 46.3 Å². The van der Waals surface area contributed by atoms with Gasteiger partial charge in [-0.1, -0.05) is 88.2 Å². The molecule has 0 heterocycles. The van der Waals surface area contributed by atoms with Crippen LogP contribution in [0.15, 0.2) is 91.0 Å². The minimum Gasteiger partial charge on any atom is -0.207 e. The Morgan fingerprint density at radius 1 is 0.711 bits per heavy atom. The topological polar surface area (TPSA) is 0 Å². The molecular weight excluding hydrogens is 573 g/mol. The summed E-state index contributed by atoms with van der Waals surface area (Å²) < 4.78 is 29.5. The zero-order valence-corrected chi connectivity index (χ0v) is 28.7. The number of hydrogen-bond donors (Lipinski definition) is 0. The number of halogens is 2. The van der Waals surface area contributed by atoms with E-state index in [1.54, 1.807) is 0 Å². The average Bonchev–Trinajstić information content (AvgIpc) is 3.45. The van der Waals surface area contributed by atoms with Gasteiger partial charge in [0.1, 0.15) is 23.2 Å². The van der Waals surface area contributed by atoms with E-state index in [0.717, 1.165) is 25.2 Å². The summed E-state index contributed by atoms with van der Waals surface area (Å²) in [6.45, 7) is 7.38. The molecule has 3 aromatic rings. The molecule has 4 aliphatic rings. The fourth-order valence-corrected chi connectivity index (χ4v) is 17.1. The van der Waals surface area contributed by atoms with E-state index in [9.17, 15) is 8.78 Å². The molecule has 0 spiro atoms. The molecule has 3 heteroatoms. The summed E-state index contributed by atoms with van der Waals surface area (Å²) in [5.41, 5.74) is 0.348. The lowest BCUT2D eigenvalue weighted by atomic mass is 9.44. The van der Waals surface area contributed by atoms with Crippen LogP contribution in [0.4, 0.5) is 8.78 Å². The minimum absolute atomic E-state index is 0.0778. The Morgan fingerprint density at radius 2 is 1.29 bits per heavy atom. The largest absolute Gasteiger partial charge is 0.248 e. The Labute approximate surface area is 272 Å². The number of hydrogen-bond acceptors (Lipinski definition) is 0. The first-order chi connectivity index (χ1) is 21.7. The van der Waals surface area contributed by atoms with Gasteiger partial charge in [-0.25, -0.2) is 8.78 Å². The van der Waals surface area contributed by atoms with E-state index in [0.29, 0.717) is 23.7 Å². The zero-order valence-electron chi connectivity index (χ0n) is 27.8. The van der Waals surface area contributed by atoms with Gasteiger partial charge in [-0.3, -0.25) is 0 Å². The van der Waals surface area contributed by atoms with Gasteiger partial charge in [-0.15, -0.1) is 0 Å². The van der Waals surface area contributed by atoms with Gasteiger partial charge < -0.3 is 0 Å². The lowest BCUT2D eigenvalue weighted by Crippen LogP contribution is -2.57. The quantitative estimate of drug-likeness (QED) is 0.218. The second-order valence-electron chi connectivity index (χ2n) is 15.9. The molecule has 4 saturated carbocycles. The van der Waals surface area contributed by atoms with Gasteiger partial charge in [0.05, 0.1) is 6.16 Å². The molecule has 3 aromatic carbocycles. The SMILES string of the molecule is CCCC(C)C1CC[C@H]2[C@@H]3CC[C@@H]4CC(F)(F)CC[C@]4(C)[C@H]3CC[C@]12C[P+](c1ccccc1)(c1ccccc1)c1ccccc1. The van der Waals surface area contributed by atoms with E-state index in [-0.39, 0.29) is 29.6 Å². The van der Waals surface area contributed by atoms with Crippen LogP contribution in [0.25, 0.3) is 0 Å². The van der Waals surface area contributed by atoms with Gasteiger partial charge in [-0.2, -0.15) is 0 Å². The lowest BCUT2D eigenvalue weighted by Gasteiger charge is -2.62. The summed E-state index contributed by atoms with van der Waals surface area (Å²) >= 11 is 0. The molecule has 4 aliphatic carbocycles. The summed E-state index contributed by atoms with van der Waals surface area (Å²) in [6, 6.07) is 34.7. The smallest absolute Gasteiger partial charge is 0.207 e. The lowest BCUT2D eigenvalue weighted by molar-refractivity contribution is -0.164. The fourth-order valence-electron chi connectivity index (χ4n) is 12.1. The molecule has 0 nitrogen and oxygen atoms in total. The Hall–Kier alpha value is -2.05. The molecule has 0 bridgehead atoms. The van der Waals surface area contributed by atoms with Gasteiger partial charge in [0.25, 0.3) is 0 Å². The Morgan fingerprint density at radius 3 is 1.84 bits per heavy atom. The first-order valence-electron chi connectivity index (χ1n) is 18.2. The van der Waals surface area contributed by atoms with E-state index < -0.39 is 13.2 Å². The molecule has 0 saturated heterocycles. The highest BCUT2D eigenvalue weighted by Gasteiger charge is 2.67.